The van der Waals surface area contributed by atoms with Gasteiger partial charge in [0.1, 0.15) is 12.0 Å². The molecule has 1 aliphatic rings. The van der Waals surface area contributed by atoms with E-state index in [0.29, 0.717) is 23.3 Å². The fourth-order valence-corrected chi connectivity index (χ4v) is 3.21. The summed E-state index contributed by atoms with van der Waals surface area (Å²) in [5.74, 6) is -1.31. The molecule has 0 aromatic heterocycles. The second-order valence-electron chi connectivity index (χ2n) is 6.82. The van der Waals surface area contributed by atoms with Gasteiger partial charge in [0.05, 0.1) is 29.5 Å². The van der Waals surface area contributed by atoms with Gasteiger partial charge in [-0.05, 0) is 49.7 Å². The van der Waals surface area contributed by atoms with Crippen molar-refractivity contribution in [3.63, 3.8) is 0 Å². The molecule has 0 bridgehead atoms. The molecule has 0 saturated heterocycles. The lowest BCUT2D eigenvalue weighted by atomic mass is 10.0. The van der Waals surface area contributed by atoms with E-state index in [0.717, 1.165) is 6.07 Å². The number of ether oxygens (including phenoxy) is 1. The monoisotopic (exact) mass is 424 g/mol. The number of benzene rings is 2. The van der Waals surface area contributed by atoms with Gasteiger partial charge in [-0.2, -0.15) is 18.3 Å². The Kier molecular flexibility index (Phi) is 6.12. The molecule has 5 nitrogen and oxygen atoms in total. The molecule has 0 radical (unpaired) electrons. The lowest BCUT2D eigenvalue weighted by Gasteiger charge is -2.26. The molecule has 0 fully saturated rings. The number of hydrogen-bond acceptors (Lipinski definition) is 5. The third-order valence-corrected chi connectivity index (χ3v) is 4.82. The van der Waals surface area contributed by atoms with Gasteiger partial charge in [-0.25, -0.2) is 9.18 Å². The number of rotatable bonds is 5. The Labute approximate surface area is 170 Å². The molecule has 1 unspecified atom stereocenters. The summed E-state index contributed by atoms with van der Waals surface area (Å²) in [5, 5.41) is 15.9. The largest absolute Gasteiger partial charge is 0.462 e. The zero-order valence-electron chi connectivity index (χ0n) is 16.3. The van der Waals surface area contributed by atoms with Crippen LogP contribution in [0, 0.1) is 5.82 Å². The van der Waals surface area contributed by atoms with Crippen molar-refractivity contribution in [2.75, 3.05) is 6.61 Å². The molecule has 1 aliphatic heterocycles. The normalized spacial score (nSPS) is 17.6. The molecule has 2 aromatic carbocycles. The number of hydrogen-bond donors (Lipinski definition) is 1. The van der Waals surface area contributed by atoms with Gasteiger partial charge in [-0.1, -0.05) is 12.1 Å². The van der Waals surface area contributed by atoms with Crippen molar-refractivity contribution in [3.8, 4) is 0 Å². The highest BCUT2D eigenvalue weighted by Crippen LogP contribution is 2.33. The maximum atomic E-state index is 14.2. The smallest absolute Gasteiger partial charge is 0.416 e. The fourth-order valence-electron chi connectivity index (χ4n) is 3.21. The number of carbonyl (C=O) groups is 1. The first-order valence-corrected chi connectivity index (χ1v) is 9.30. The molecule has 1 heterocycles. The topological polar surface area (TPSA) is 62.1 Å². The van der Waals surface area contributed by atoms with Crippen LogP contribution in [0.15, 0.2) is 47.6 Å². The number of carbonyl (C=O) groups excluding carboxylic acids is 1. The molecule has 2 aromatic rings. The average Bonchev–Trinajstić information content (AvgIpc) is 3.08. The van der Waals surface area contributed by atoms with Gasteiger partial charge in [0, 0.05) is 12.0 Å². The maximum absolute atomic E-state index is 14.2. The van der Waals surface area contributed by atoms with Gasteiger partial charge >= 0.3 is 12.1 Å². The molecule has 0 saturated carbocycles. The Balaban J connectivity index is 1.85. The zero-order valence-corrected chi connectivity index (χ0v) is 16.3. The summed E-state index contributed by atoms with van der Waals surface area (Å²) in [4.78, 5) is 11.8. The summed E-state index contributed by atoms with van der Waals surface area (Å²) < 4.78 is 58.0. The van der Waals surface area contributed by atoms with Crippen LogP contribution in [0.25, 0.3) is 0 Å². The number of aliphatic hydroxyl groups is 1. The Bertz CT molecular complexity index is 958. The summed E-state index contributed by atoms with van der Waals surface area (Å²) in [6.45, 7) is 3.68. The van der Waals surface area contributed by atoms with Gasteiger partial charge in [0.25, 0.3) is 0 Å². The first kappa shape index (κ1) is 21.8. The fraction of sp³-hybridized carbons (Fsp3) is 0.333. The zero-order chi connectivity index (χ0) is 22.1. The minimum Gasteiger partial charge on any atom is -0.462 e. The number of hydrazone groups is 1. The Morgan fingerprint density at radius 1 is 1.27 bits per heavy atom. The molecule has 0 spiro atoms. The van der Waals surface area contributed by atoms with Crippen molar-refractivity contribution in [2.24, 2.45) is 5.10 Å². The van der Waals surface area contributed by atoms with E-state index >= 15 is 0 Å². The molecular weight excluding hydrogens is 404 g/mol. The Morgan fingerprint density at radius 3 is 2.53 bits per heavy atom. The van der Waals surface area contributed by atoms with Crippen LogP contribution in [0.1, 0.15) is 53.4 Å². The highest BCUT2D eigenvalue weighted by Gasteiger charge is 2.34. The van der Waals surface area contributed by atoms with Gasteiger partial charge in [0.2, 0.25) is 0 Å². The van der Waals surface area contributed by atoms with Crippen LogP contribution in [-0.2, 0) is 10.9 Å². The lowest BCUT2D eigenvalue weighted by Crippen LogP contribution is -2.29. The summed E-state index contributed by atoms with van der Waals surface area (Å²) in [6, 6.07) is 8.12. The van der Waals surface area contributed by atoms with Gasteiger partial charge in [-0.3, -0.25) is 5.01 Å². The van der Waals surface area contributed by atoms with E-state index in [1.807, 2.05) is 0 Å². The third kappa shape index (κ3) is 4.46. The highest BCUT2D eigenvalue weighted by atomic mass is 19.4. The molecule has 1 N–H and O–H groups in total. The number of halogens is 4. The second-order valence-corrected chi connectivity index (χ2v) is 6.82. The second kappa shape index (κ2) is 8.43. The van der Waals surface area contributed by atoms with Crippen LogP contribution >= 0.6 is 0 Å². The van der Waals surface area contributed by atoms with Crippen LogP contribution in [0.2, 0.25) is 0 Å². The van der Waals surface area contributed by atoms with E-state index in [2.05, 4.69) is 5.10 Å². The molecule has 9 heteroatoms. The van der Waals surface area contributed by atoms with Crippen molar-refractivity contribution < 1.29 is 32.2 Å². The number of nitrogens with zero attached hydrogens (tertiary/aromatic N) is 2. The molecule has 30 heavy (non-hydrogen) atoms. The predicted molar refractivity (Wildman–Crippen MR) is 101 cm³/mol. The van der Waals surface area contributed by atoms with Crippen LogP contribution in [0.3, 0.4) is 0 Å². The number of aliphatic hydroxyl groups excluding tert-OH is 1. The minimum atomic E-state index is -4.62. The van der Waals surface area contributed by atoms with Crippen LogP contribution in [0.5, 0.6) is 0 Å². The molecule has 0 aliphatic carbocycles. The Hall–Kier alpha value is -2.94. The van der Waals surface area contributed by atoms with E-state index in [1.54, 1.807) is 38.1 Å². The molecular formula is C21H20F4N2O3. The van der Waals surface area contributed by atoms with Gasteiger partial charge < -0.3 is 9.84 Å². The van der Waals surface area contributed by atoms with E-state index in [9.17, 15) is 27.5 Å². The third-order valence-electron chi connectivity index (χ3n) is 4.82. The van der Waals surface area contributed by atoms with E-state index in [1.165, 1.54) is 5.01 Å². The summed E-state index contributed by atoms with van der Waals surface area (Å²) in [5.41, 5.74) is -0.184. The van der Waals surface area contributed by atoms with Crippen LogP contribution in [0.4, 0.5) is 17.6 Å². The Morgan fingerprint density at radius 2 is 1.93 bits per heavy atom. The summed E-state index contributed by atoms with van der Waals surface area (Å²) >= 11 is 0. The SMILES string of the molecule is CCOC(=O)c1ccc([C@H](C)N2N=C(c3cc(C(F)(F)F)ccc3F)CC2O)cc1. The van der Waals surface area contributed by atoms with Crippen molar-refractivity contribution in [2.45, 2.75) is 38.7 Å². The lowest BCUT2D eigenvalue weighted by molar-refractivity contribution is -0.137. The standard InChI is InChI=1S/C21H20F4N2O3/c1-3-30-20(29)14-6-4-13(5-7-14)12(2)27-19(28)11-18(26-27)16-10-15(21(23,24)25)8-9-17(16)22/h4-10,12,19,28H,3,11H2,1-2H3/t12-,19?/m0/s1. The van der Waals surface area contributed by atoms with Crippen molar-refractivity contribution >= 4 is 11.7 Å². The van der Waals surface area contributed by atoms with Crippen molar-refractivity contribution in [1.82, 2.24) is 5.01 Å². The summed E-state index contributed by atoms with van der Waals surface area (Å²) in [7, 11) is 0. The maximum Gasteiger partial charge on any atom is 0.416 e. The first-order chi connectivity index (χ1) is 14.1. The molecule has 160 valence electrons. The van der Waals surface area contributed by atoms with Gasteiger partial charge in [0.15, 0.2) is 0 Å². The number of esters is 1. The van der Waals surface area contributed by atoms with Crippen LogP contribution in [-0.4, -0.2) is 34.6 Å². The molecule has 0 amide bonds. The van der Waals surface area contributed by atoms with Gasteiger partial charge in [-0.15, -0.1) is 0 Å². The van der Waals surface area contributed by atoms with Crippen LogP contribution < -0.4 is 0 Å². The summed E-state index contributed by atoms with van der Waals surface area (Å²) in [6.07, 6.45) is -5.87. The minimum absolute atomic E-state index is 0.0288. The van der Waals surface area contributed by atoms with E-state index in [-0.39, 0.29) is 24.3 Å². The van der Waals surface area contributed by atoms with Crippen molar-refractivity contribution in [1.29, 1.82) is 0 Å². The van der Waals surface area contributed by atoms with E-state index in [4.69, 9.17) is 4.74 Å². The predicted octanol–water partition coefficient (Wildman–Crippen LogP) is 4.51. The highest BCUT2D eigenvalue weighted by molar-refractivity contribution is 6.02. The molecule has 3 rings (SSSR count). The molecule has 2 atom stereocenters. The van der Waals surface area contributed by atoms with Crippen molar-refractivity contribution in [3.05, 3.63) is 70.5 Å². The average molecular weight is 424 g/mol. The first-order valence-electron chi connectivity index (χ1n) is 9.30. The quantitative estimate of drug-likeness (QED) is 0.567. The number of alkyl halides is 3. The van der Waals surface area contributed by atoms with E-state index < -0.39 is 35.8 Å².